The zero-order chi connectivity index (χ0) is 20.1. The van der Waals surface area contributed by atoms with E-state index in [1.165, 1.54) is 0 Å². The van der Waals surface area contributed by atoms with E-state index in [2.05, 4.69) is 22.8 Å². The lowest BCUT2D eigenvalue weighted by molar-refractivity contribution is -0.126. The number of nitrogens with one attached hydrogen (secondary N) is 2. The quantitative estimate of drug-likeness (QED) is 0.623. The summed E-state index contributed by atoms with van der Waals surface area (Å²) in [5.74, 6) is -0.127. The Morgan fingerprint density at radius 3 is 2.34 bits per heavy atom. The van der Waals surface area contributed by atoms with Crippen molar-refractivity contribution in [3.8, 4) is 11.3 Å². The molecule has 148 valence electrons. The summed E-state index contributed by atoms with van der Waals surface area (Å²) in [5.41, 5.74) is 3.96. The van der Waals surface area contributed by atoms with E-state index in [0.29, 0.717) is 13.1 Å². The first-order chi connectivity index (χ1) is 14.2. The second-order valence-electron chi connectivity index (χ2n) is 7.32. The summed E-state index contributed by atoms with van der Waals surface area (Å²) in [6.07, 6.45) is 3.82. The molecule has 3 aromatic rings. The lowest BCUT2D eigenvalue weighted by Gasteiger charge is -2.07. The van der Waals surface area contributed by atoms with Crippen LogP contribution in [0.2, 0.25) is 0 Å². The van der Waals surface area contributed by atoms with Crippen LogP contribution >= 0.6 is 0 Å². The Morgan fingerprint density at radius 2 is 1.66 bits per heavy atom. The molecule has 1 saturated carbocycles. The Morgan fingerprint density at radius 1 is 0.966 bits per heavy atom. The van der Waals surface area contributed by atoms with Crippen LogP contribution in [0.15, 0.2) is 66.9 Å². The number of aromatic nitrogens is 2. The highest BCUT2D eigenvalue weighted by Crippen LogP contribution is 2.28. The van der Waals surface area contributed by atoms with Gasteiger partial charge in [0.2, 0.25) is 11.8 Å². The summed E-state index contributed by atoms with van der Waals surface area (Å²) in [7, 11) is 0. The summed E-state index contributed by atoms with van der Waals surface area (Å²) in [6.45, 7) is 1.03. The molecule has 1 aliphatic rings. The van der Waals surface area contributed by atoms with Gasteiger partial charge in [0.25, 0.3) is 0 Å². The smallest absolute Gasteiger partial charge is 0.239 e. The van der Waals surface area contributed by atoms with Gasteiger partial charge in [0, 0.05) is 29.8 Å². The number of carbonyl (C=O) groups excluding carboxylic acids is 2. The van der Waals surface area contributed by atoms with Gasteiger partial charge in [-0.2, -0.15) is 5.10 Å². The number of hydrogen-bond donors (Lipinski definition) is 2. The fourth-order valence-corrected chi connectivity index (χ4v) is 3.20. The van der Waals surface area contributed by atoms with Gasteiger partial charge in [0.05, 0.1) is 18.8 Å². The van der Waals surface area contributed by atoms with Crippen LogP contribution in [0, 0.1) is 5.92 Å². The van der Waals surface area contributed by atoms with E-state index in [1.54, 1.807) is 0 Å². The van der Waals surface area contributed by atoms with Crippen LogP contribution in [0.1, 0.15) is 24.0 Å². The Kier molecular flexibility index (Phi) is 5.70. The highest BCUT2D eigenvalue weighted by atomic mass is 16.2. The fourth-order valence-electron chi connectivity index (χ4n) is 3.20. The van der Waals surface area contributed by atoms with Gasteiger partial charge in [-0.15, -0.1) is 0 Å². The molecular weight excluding hydrogens is 364 g/mol. The second-order valence-corrected chi connectivity index (χ2v) is 7.32. The van der Waals surface area contributed by atoms with E-state index in [4.69, 9.17) is 5.10 Å². The Balaban J connectivity index is 1.45. The fraction of sp³-hybridized carbons (Fsp3) is 0.261. The zero-order valence-electron chi connectivity index (χ0n) is 16.2. The van der Waals surface area contributed by atoms with Gasteiger partial charge in [0.1, 0.15) is 0 Å². The van der Waals surface area contributed by atoms with E-state index in [0.717, 1.165) is 35.2 Å². The average Bonchev–Trinajstić information content (AvgIpc) is 3.53. The largest absolute Gasteiger partial charge is 0.350 e. The number of hydrogen-bond acceptors (Lipinski definition) is 3. The molecule has 1 aromatic heterocycles. The maximum Gasteiger partial charge on any atom is 0.239 e. The number of nitrogens with zero attached hydrogens (tertiary/aromatic N) is 2. The third-order valence-electron chi connectivity index (χ3n) is 4.92. The molecule has 0 spiro atoms. The maximum absolute atomic E-state index is 12.2. The molecule has 0 atom stereocenters. The molecular formula is C23H24N4O2. The molecule has 4 rings (SSSR count). The van der Waals surface area contributed by atoms with Crippen LogP contribution in [0.3, 0.4) is 0 Å². The molecule has 6 nitrogen and oxygen atoms in total. The Labute approximate surface area is 169 Å². The van der Waals surface area contributed by atoms with Gasteiger partial charge >= 0.3 is 0 Å². The van der Waals surface area contributed by atoms with E-state index >= 15 is 0 Å². The lowest BCUT2D eigenvalue weighted by Crippen LogP contribution is -2.37. The molecule has 6 heteroatoms. The van der Waals surface area contributed by atoms with Crippen LogP contribution in [-0.2, 0) is 22.7 Å². The van der Waals surface area contributed by atoms with Crippen LogP contribution in [0.25, 0.3) is 11.3 Å². The van der Waals surface area contributed by atoms with E-state index in [1.807, 2.05) is 59.4 Å². The summed E-state index contributed by atoms with van der Waals surface area (Å²) in [5, 5.41) is 10.3. The second kappa shape index (κ2) is 8.73. The molecule has 2 amide bonds. The van der Waals surface area contributed by atoms with Crippen molar-refractivity contribution in [3.63, 3.8) is 0 Å². The van der Waals surface area contributed by atoms with Crippen molar-refractivity contribution < 1.29 is 9.59 Å². The first kappa shape index (κ1) is 18.9. The third-order valence-corrected chi connectivity index (χ3v) is 4.92. The van der Waals surface area contributed by atoms with Crippen molar-refractivity contribution in [1.29, 1.82) is 0 Å². The van der Waals surface area contributed by atoms with Crippen molar-refractivity contribution in [2.75, 3.05) is 6.54 Å². The van der Waals surface area contributed by atoms with Crippen molar-refractivity contribution in [1.82, 2.24) is 20.4 Å². The number of benzene rings is 2. The predicted molar refractivity (Wildman–Crippen MR) is 111 cm³/mol. The topological polar surface area (TPSA) is 76.0 Å². The van der Waals surface area contributed by atoms with Crippen molar-refractivity contribution in [3.05, 3.63) is 78.0 Å². The molecule has 2 aromatic carbocycles. The summed E-state index contributed by atoms with van der Waals surface area (Å²) < 4.78 is 1.90. The van der Waals surface area contributed by atoms with Crippen molar-refractivity contribution in [2.45, 2.75) is 25.9 Å². The molecule has 1 aliphatic carbocycles. The molecule has 1 heterocycles. The summed E-state index contributed by atoms with van der Waals surface area (Å²) >= 11 is 0. The van der Waals surface area contributed by atoms with E-state index < -0.39 is 0 Å². The Hall–Kier alpha value is -3.41. The van der Waals surface area contributed by atoms with Gasteiger partial charge in [-0.1, -0.05) is 60.7 Å². The minimum atomic E-state index is -0.200. The molecule has 0 unspecified atom stereocenters. The SMILES string of the molecule is O=C(CNC(=O)C1CC1)NCc1cn(Cc2ccccc2)nc1-c1ccccc1. The molecule has 0 saturated heterocycles. The highest BCUT2D eigenvalue weighted by molar-refractivity contribution is 5.86. The predicted octanol–water partition coefficient (Wildman–Crippen LogP) is 2.74. The third kappa shape index (κ3) is 5.10. The molecule has 0 radical (unpaired) electrons. The van der Waals surface area contributed by atoms with Crippen LogP contribution < -0.4 is 10.6 Å². The van der Waals surface area contributed by atoms with Gasteiger partial charge in [0.15, 0.2) is 0 Å². The first-order valence-electron chi connectivity index (χ1n) is 9.89. The van der Waals surface area contributed by atoms with E-state index in [-0.39, 0.29) is 24.3 Å². The van der Waals surface area contributed by atoms with E-state index in [9.17, 15) is 9.59 Å². The Bertz CT molecular complexity index is 979. The summed E-state index contributed by atoms with van der Waals surface area (Å²) in [4.78, 5) is 23.9. The average molecular weight is 388 g/mol. The van der Waals surface area contributed by atoms with Crippen LogP contribution in [-0.4, -0.2) is 28.1 Å². The van der Waals surface area contributed by atoms with Crippen molar-refractivity contribution in [2.24, 2.45) is 5.92 Å². The van der Waals surface area contributed by atoms with Crippen molar-refractivity contribution >= 4 is 11.8 Å². The standard InChI is InChI=1S/C23H24N4O2/c28-21(14-25-23(29)19-11-12-19)24-13-20-16-27(15-17-7-3-1-4-8-17)26-22(20)18-9-5-2-6-10-18/h1-10,16,19H,11-15H2,(H,24,28)(H,25,29). The molecule has 2 N–H and O–H groups in total. The molecule has 1 fully saturated rings. The highest BCUT2D eigenvalue weighted by Gasteiger charge is 2.29. The number of rotatable bonds is 8. The van der Waals surface area contributed by atoms with Gasteiger partial charge < -0.3 is 10.6 Å². The minimum absolute atomic E-state index is 0.00809. The molecule has 29 heavy (non-hydrogen) atoms. The molecule has 0 aliphatic heterocycles. The van der Waals surface area contributed by atoms with Gasteiger partial charge in [-0.3, -0.25) is 14.3 Å². The maximum atomic E-state index is 12.2. The van der Waals surface area contributed by atoms with Crippen LogP contribution in [0.5, 0.6) is 0 Å². The zero-order valence-corrected chi connectivity index (χ0v) is 16.2. The first-order valence-corrected chi connectivity index (χ1v) is 9.89. The molecule has 0 bridgehead atoms. The monoisotopic (exact) mass is 388 g/mol. The van der Waals surface area contributed by atoms with Gasteiger partial charge in [-0.05, 0) is 18.4 Å². The van der Waals surface area contributed by atoms with Gasteiger partial charge in [-0.25, -0.2) is 0 Å². The number of amides is 2. The normalized spacial score (nSPS) is 13.1. The number of carbonyl (C=O) groups is 2. The summed E-state index contributed by atoms with van der Waals surface area (Å²) in [6, 6.07) is 20.1. The minimum Gasteiger partial charge on any atom is -0.350 e. The van der Waals surface area contributed by atoms with Crippen LogP contribution in [0.4, 0.5) is 0 Å². The lowest BCUT2D eigenvalue weighted by atomic mass is 10.1.